The van der Waals surface area contributed by atoms with Crippen LogP contribution in [0.15, 0.2) is 23.1 Å². The van der Waals surface area contributed by atoms with E-state index < -0.39 is 19.8 Å². The molecule has 0 unspecified atom stereocenters. The summed E-state index contributed by atoms with van der Waals surface area (Å²) >= 11 is 0. The van der Waals surface area contributed by atoms with E-state index in [0.29, 0.717) is 13.1 Å². The number of amides is 1. The third-order valence-electron chi connectivity index (χ3n) is 3.80. The molecule has 1 aliphatic rings. The Morgan fingerprint density at radius 1 is 1.24 bits per heavy atom. The first kappa shape index (κ1) is 16.2. The lowest BCUT2D eigenvalue weighted by atomic mass is 9.82. The van der Waals surface area contributed by atoms with E-state index in [9.17, 15) is 17.6 Å². The van der Waals surface area contributed by atoms with Gasteiger partial charge in [-0.3, -0.25) is 4.79 Å². The molecule has 1 aliphatic heterocycles. The zero-order valence-corrected chi connectivity index (χ0v) is 13.5. The van der Waals surface area contributed by atoms with Gasteiger partial charge in [0.15, 0.2) is 0 Å². The molecule has 0 radical (unpaired) electrons. The Morgan fingerprint density at radius 3 is 2.33 bits per heavy atom. The van der Waals surface area contributed by atoms with Crippen LogP contribution in [0.2, 0.25) is 0 Å². The number of benzene rings is 1. The summed E-state index contributed by atoms with van der Waals surface area (Å²) in [6.07, 6.45) is 1.71. The third-order valence-corrected chi connectivity index (χ3v) is 5.14. The molecule has 1 saturated heterocycles. The molecule has 4 nitrogen and oxygen atoms in total. The lowest BCUT2D eigenvalue weighted by Gasteiger charge is -2.37. The number of nitrogens with zero attached hydrogens (tertiary/aromatic N) is 1. The number of carbonyl (C=O) groups excluding carboxylic acids is 1. The van der Waals surface area contributed by atoms with Crippen LogP contribution in [0.3, 0.4) is 0 Å². The minimum atomic E-state index is -4.07. The van der Waals surface area contributed by atoms with Crippen LogP contribution in [-0.2, 0) is 9.05 Å². The normalized spacial score (nSPS) is 18.6. The van der Waals surface area contributed by atoms with Gasteiger partial charge >= 0.3 is 0 Å². The molecule has 0 bridgehead atoms. The van der Waals surface area contributed by atoms with Crippen molar-refractivity contribution < 1.29 is 17.6 Å². The van der Waals surface area contributed by atoms with Crippen molar-refractivity contribution in [3.05, 3.63) is 29.6 Å². The number of likely N-dealkylation sites (tertiary alicyclic amines) is 1. The number of halogens is 2. The molecule has 1 aromatic rings. The zero-order valence-electron chi connectivity index (χ0n) is 11.9. The summed E-state index contributed by atoms with van der Waals surface area (Å²) in [6, 6.07) is 2.96. The second-order valence-corrected chi connectivity index (χ2v) is 8.64. The monoisotopic (exact) mass is 333 g/mol. The fourth-order valence-electron chi connectivity index (χ4n) is 2.32. The average Bonchev–Trinajstić information content (AvgIpc) is 2.36. The van der Waals surface area contributed by atoms with Gasteiger partial charge in [-0.15, -0.1) is 0 Å². The van der Waals surface area contributed by atoms with E-state index in [-0.39, 0.29) is 16.9 Å². The zero-order chi connectivity index (χ0) is 15.8. The standard InChI is InChI=1S/C14H17ClFNO3S/c1-14(2)3-5-17(6-4-14)13(18)10-7-11(16)9-12(8-10)21(15,19)20/h7-9H,3-6H2,1-2H3. The molecule has 7 heteroatoms. The highest BCUT2D eigenvalue weighted by Crippen LogP contribution is 2.30. The number of hydrogen-bond acceptors (Lipinski definition) is 3. The summed E-state index contributed by atoms with van der Waals surface area (Å²) < 4.78 is 36.1. The third kappa shape index (κ3) is 3.95. The second kappa shape index (κ2) is 5.57. The molecular formula is C14H17ClFNO3S. The van der Waals surface area contributed by atoms with Crippen LogP contribution in [0.25, 0.3) is 0 Å². The molecule has 2 rings (SSSR count). The molecule has 0 saturated carbocycles. The fourth-order valence-corrected chi connectivity index (χ4v) is 3.11. The first-order valence-corrected chi connectivity index (χ1v) is 8.94. The molecule has 0 aliphatic carbocycles. The molecule has 0 atom stereocenters. The molecule has 1 amide bonds. The van der Waals surface area contributed by atoms with E-state index in [4.69, 9.17) is 10.7 Å². The fraction of sp³-hybridized carbons (Fsp3) is 0.500. The Kier molecular flexibility index (Phi) is 4.31. The van der Waals surface area contributed by atoms with Crippen LogP contribution in [0.5, 0.6) is 0 Å². The quantitative estimate of drug-likeness (QED) is 0.782. The van der Waals surface area contributed by atoms with Crippen LogP contribution in [0, 0.1) is 11.2 Å². The van der Waals surface area contributed by atoms with Crippen molar-refractivity contribution in [2.45, 2.75) is 31.6 Å². The predicted molar refractivity (Wildman–Crippen MR) is 78.4 cm³/mol. The lowest BCUT2D eigenvalue weighted by Crippen LogP contribution is -2.41. The van der Waals surface area contributed by atoms with Crippen molar-refractivity contribution in [1.29, 1.82) is 0 Å². The Labute approximate surface area is 128 Å². The van der Waals surface area contributed by atoms with Crippen molar-refractivity contribution in [3.63, 3.8) is 0 Å². The largest absolute Gasteiger partial charge is 0.339 e. The lowest BCUT2D eigenvalue weighted by molar-refractivity contribution is 0.0629. The summed E-state index contributed by atoms with van der Waals surface area (Å²) in [7, 11) is 1.14. The van der Waals surface area contributed by atoms with Crippen LogP contribution >= 0.6 is 10.7 Å². The number of rotatable bonds is 2. The maximum absolute atomic E-state index is 13.5. The van der Waals surface area contributed by atoms with Crippen LogP contribution in [0.4, 0.5) is 4.39 Å². The maximum Gasteiger partial charge on any atom is 0.261 e. The van der Waals surface area contributed by atoms with Gasteiger partial charge in [-0.1, -0.05) is 13.8 Å². The summed E-state index contributed by atoms with van der Waals surface area (Å²) in [5.74, 6) is -1.16. The molecule has 0 N–H and O–H groups in total. The SMILES string of the molecule is CC1(C)CCN(C(=O)c2cc(F)cc(S(=O)(=O)Cl)c2)CC1. The first-order valence-electron chi connectivity index (χ1n) is 6.63. The van der Waals surface area contributed by atoms with Crippen molar-refractivity contribution in [2.24, 2.45) is 5.41 Å². The van der Waals surface area contributed by atoms with Crippen LogP contribution in [-0.4, -0.2) is 32.3 Å². The van der Waals surface area contributed by atoms with Gasteiger partial charge in [0, 0.05) is 29.3 Å². The van der Waals surface area contributed by atoms with Gasteiger partial charge in [0.2, 0.25) is 0 Å². The molecular weight excluding hydrogens is 317 g/mol. The van der Waals surface area contributed by atoms with Crippen molar-refractivity contribution >= 4 is 25.6 Å². The summed E-state index contributed by atoms with van der Waals surface area (Å²) in [5, 5.41) is 0. The smallest absolute Gasteiger partial charge is 0.261 e. The topological polar surface area (TPSA) is 54.5 Å². The molecule has 0 aromatic heterocycles. The molecule has 1 aromatic carbocycles. The van der Waals surface area contributed by atoms with Crippen molar-refractivity contribution in [1.82, 2.24) is 4.90 Å². The first-order chi connectivity index (χ1) is 9.58. The van der Waals surface area contributed by atoms with E-state index in [2.05, 4.69) is 13.8 Å². The number of carbonyl (C=O) groups is 1. The highest BCUT2D eigenvalue weighted by Gasteiger charge is 2.29. The highest BCUT2D eigenvalue weighted by atomic mass is 35.7. The predicted octanol–water partition coefficient (Wildman–Crippen LogP) is 3.02. The van der Waals surface area contributed by atoms with E-state index in [1.54, 1.807) is 4.90 Å². The summed E-state index contributed by atoms with van der Waals surface area (Å²) in [6.45, 7) is 5.42. The summed E-state index contributed by atoms with van der Waals surface area (Å²) in [4.78, 5) is 13.6. The Morgan fingerprint density at radius 2 is 1.81 bits per heavy atom. The van der Waals surface area contributed by atoms with E-state index in [1.807, 2.05) is 0 Å². The number of hydrogen-bond donors (Lipinski definition) is 0. The molecule has 0 spiro atoms. The highest BCUT2D eigenvalue weighted by molar-refractivity contribution is 8.13. The van der Waals surface area contributed by atoms with Crippen LogP contribution in [0.1, 0.15) is 37.0 Å². The Hall–Kier alpha value is -1.14. The van der Waals surface area contributed by atoms with Crippen molar-refractivity contribution in [3.8, 4) is 0 Å². The molecule has 1 heterocycles. The van der Waals surface area contributed by atoms with Gasteiger partial charge < -0.3 is 4.90 Å². The maximum atomic E-state index is 13.5. The minimum absolute atomic E-state index is 0.00827. The Bertz CT molecular complexity index is 663. The molecule has 21 heavy (non-hydrogen) atoms. The van der Waals surface area contributed by atoms with E-state index >= 15 is 0 Å². The van der Waals surface area contributed by atoms with Crippen molar-refractivity contribution in [2.75, 3.05) is 13.1 Å². The van der Waals surface area contributed by atoms with E-state index in [1.165, 1.54) is 0 Å². The van der Waals surface area contributed by atoms with Gasteiger partial charge in [0.1, 0.15) is 5.82 Å². The van der Waals surface area contributed by atoms with E-state index in [0.717, 1.165) is 31.0 Å². The molecule has 116 valence electrons. The molecule has 1 fully saturated rings. The second-order valence-electron chi connectivity index (χ2n) is 6.07. The van der Waals surface area contributed by atoms with Gasteiger partial charge in [-0.05, 0) is 36.5 Å². The van der Waals surface area contributed by atoms with Gasteiger partial charge in [0.25, 0.3) is 15.0 Å². The summed E-state index contributed by atoms with van der Waals surface area (Å²) in [5.41, 5.74) is 0.192. The average molecular weight is 334 g/mol. The Balaban J connectivity index is 2.26. The van der Waals surface area contributed by atoms with Crippen LogP contribution < -0.4 is 0 Å². The minimum Gasteiger partial charge on any atom is -0.339 e. The van der Waals surface area contributed by atoms with Gasteiger partial charge in [0.05, 0.1) is 4.90 Å². The van der Waals surface area contributed by atoms with Gasteiger partial charge in [-0.25, -0.2) is 12.8 Å². The number of piperidine rings is 1. The van der Waals surface area contributed by atoms with Gasteiger partial charge in [-0.2, -0.15) is 0 Å².